The van der Waals surface area contributed by atoms with Crippen LogP contribution < -0.4 is 4.90 Å². The normalized spacial score (nSPS) is 20.0. The van der Waals surface area contributed by atoms with Gasteiger partial charge in [-0.25, -0.2) is 4.98 Å². The van der Waals surface area contributed by atoms with E-state index >= 15 is 0 Å². The quantitative estimate of drug-likeness (QED) is 0.764. The Kier molecular flexibility index (Phi) is 4.71. The van der Waals surface area contributed by atoms with Gasteiger partial charge in [-0.1, -0.05) is 15.9 Å². The van der Waals surface area contributed by atoms with Gasteiger partial charge >= 0.3 is 6.18 Å². The molecule has 2 nitrogen and oxygen atoms in total. The van der Waals surface area contributed by atoms with Crippen molar-refractivity contribution < 1.29 is 13.2 Å². The molecule has 19 heavy (non-hydrogen) atoms. The van der Waals surface area contributed by atoms with Crippen LogP contribution in [0.15, 0.2) is 18.3 Å². The van der Waals surface area contributed by atoms with Crippen molar-refractivity contribution in [2.75, 3.05) is 16.8 Å². The Bertz CT molecular complexity index is 405. The van der Waals surface area contributed by atoms with E-state index in [2.05, 4.69) is 25.8 Å². The third kappa shape index (κ3) is 3.61. The van der Waals surface area contributed by atoms with Crippen LogP contribution in [-0.4, -0.2) is 22.9 Å². The summed E-state index contributed by atoms with van der Waals surface area (Å²) in [6, 6.07) is 3.00. The van der Waals surface area contributed by atoms with Crippen molar-refractivity contribution in [3.05, 3.63) is 23.9 Å². The van der Waals surface area contributed by atoms with E-state index in [1.165, 1.54) is 6.07 Å². The Morgan fingerprint density at radius 2 is 2.16 bits per heavy atom. The number of nitrogens with zero attached hydrogens (tertiary/aromatic N) is 2. The molecule has 0 N–H and O–H groups in total. The number of pyridine rings is 1. The number of halogens is 4. The molecular weight excluding hydrogens is 321 g/mol. The first-order valence-electron chi connectivity index (χ1n) is 6.38. The highest BCUT2D eigenvalue weighted by Crippen LogP contribution is 2.31. The lowest BCUT2D eigenvalue weighted by Gasteiger charge is -2.25. The molecule has 2 heterocycles. The van der Waals surface area contributed by atoms with E-state index in [-0.39, 0.29) is 0 Å². The van der Waals surface area contributed by atoms with Gasteiger partial charge in [-0.05, 0) is 37.8 Å². The van der Waals surface area contributed by atoms with E-state index in [0.717, 1.165) is 49.8 Å². The molecule has 1 atom stereocenters. The van der Waals surface area contributed by atoms with Gasteiger partial charge in [-0.15, -0.1) is 0 Å². The minimum absolute atomic E-state index is 0.404. The van der Waals surface area contributed by atoms with Crippen LogP contribution in [0.5, 0.6) is 0 Å². The van der Waals surface area contributed by atoms with Crippen molar-refractivity contribution >= 4 is 21.7 Å². The Balaban J connectivity index is 2.08. The standard InChI is InChI=1S/C13H16BrF3N2/c14-7-1-3-11-4-2-8-19(11)12-6-5-10(9-18-12)13(15,16)17/h5-6,9,11H,1-4,7-8H2. The molecule has 6 heteroatoms. The zero-order chi connectivity index (χ0) is 13.9. The molecule has 0 radical (unpaired) electrons. The molecule has 1 saturated heterocycles. The van der Waals surface area contributed by atoms with Crippen LogP contribution in [0.2, 0.25) is 0 Å². The Morgan fingerprint density at radius 3 is 2.74 bits per heavy atom. The van der Waals surface area contributed by atoms with Gasteiger partial charge in [0.25, 0.3) is 0 Å². The summed E-state index contributed by atoms with van der Waals surface area (Å²) in [7, 11) is 0. The molecule has 1 aliphatic heterocycles. The first-order valence-corrected chi connectivity index (χ1v) is 7.50. The maximum atomic E-state index is 12.5. The third-order valence-electron chi connectivity index (χ3n) is 3.42. The van der Waals surface area contributed by atoms with E-state index in [1.54, 1.807) is 0 Å². The van der Waals surface area contributed by atoms with Gasteiger partial charge in [-0.3, -0.25) is 0 Å². The summed E-state index contributed by atoms with van der Waals surface area (Å²) in [5, 5.41) is 0.956. The van der Waals surface area contributed by atoms with Gasteiger partial charge in [0.2, 0.25) is 0 Å². The predicted molar refractivity (Wildman–Crippen MR) is 72.6 cm³/mol. The van der Waals surface area contributed by atoms with E-state index in [4.69, 9.17) is 0 Å². The minimum Gasteiger partial charge on any atom is -0.354 e. The number of rotatable bonds is 4. The highest BCUT2D eigenvalue weighted by atomic mass is 79.9. The Hall–Kier alpha value is -0.780. The SMILES string of the molecule is FC(F)(F)c1ccc(N2CCCC2CCCBr)nc1. The first-order chi connectivity index (χ1) is 9.02. The molecule has 0 saturated carbocycles. The average Bonchev–Trinajstić information content (AvgIpc) is 2.83. The summed E-state index contributed by atoms with van der Waals surface area (Å²) in [6.45, 7) is 0.880. The summed E-state index contributed by atoms with van der Waals surface area (Å²) in [5.41, 5.74) is -0.688. The molecule has 0 aliphatic carbocycles. The van der Waals surface area contributed by atoms with Crippen LogP contribution >= 0.6 is 15.9 Å². The van der Waals surface area contributed by atoms with E-state index in [9.17, 15) is 13.2 Å². The van der Waals surface area contributed by atoms with Gasteiger partial charge < -0.3 is 4.90 Å². The van der Waals surface area contributed by atoms with Crippen LogP contribution in [-0.2, 0) is 6.18 Å². The Morgan fingerprint density at radius 1 is 1.37 bits per heavy atom. The van der Waals surface area contributed by atoms with Gasteiger partial charge in [0, 0.05) is 24.1 Å². The fourth-order valence-corrected chi connectivity index (χ4v) is 2.80. The summed E-state index contributed by atoms with van der Waals surface area (Å²) >= 11 is 3.41. The largest absolute Gasteiger partial charge is 0.417 e. The van der Waals surface area contributed by atoms with Crippen LogP contribution in [0.25, 0.3) is 0 Å². The van der Waals surface area contributed by atoms with Crippen LogP contribution in [0.1, 0.15) is 31.2 Å². The lowest BCUT2D eigenvalue weighted by molar-refractivity contribution is -0.137. The molecule has 0 amide bonds. The van der Waals surface area contributed by atoms with Crippen molar-refractivity contribution in [3.8, 4) is 0 Å². The van der Waals surface area contributed by atoms with E-state index in [0.29, 0.717) is 11.9 Å². The molecule has 1 fully saturated rings. The van der Waals surface area contributed by atoms with Crippen molar-refractivity contribution in [1.29, 1.82) is 0 Å². The maximum Gasteiger partial charge on any atom is 0.417 e. The molecule has 0 aromatic carbocycles. The van der Waals surface area contributed by atoms with Gasteiger partial charge in [0.1, 0.15) is 5.82 Å². The van der Waals surface area contributed by atoms with Crippen molar-refractivity contribution in [2.24, 2.45) is 0 Å². The lowest BCUT2D eigenvalue weighted by atomic mass is 10.1. The molecule has 2 rings (SSSR count). The monoisotopic (exact) mass is 336 g/mol. The lowest BCUT2D eigenvalue weighted by Crippen LogP contribution is -2.30. The number of aromatic nitrogens is 1. The topological polar surface area (TPSA) is 16.1 Å². The summed E-state index contributed by atoms with van der Waals surface area (Å²) in [6.07, 6.45) is 0.905. The van der Waals surface area contributed by atoms with Crippen molar-refractivity contribution in [3.63, 3.8) is 0 Å². The number of hydrogen-bond acceptors (Lipinski definition) is 2. The first kappa shape index (κ1) is 14.6. The molecule has 106 valence electrons. The van der Waals surface area contributed by atoms with Crippen LogP contribution in [0.3, 0.4) is 0 Å². The van der Waals surface area contributed by atoms with Crippen LogP contribution in [0, 0.1) is 0 Å². The highest BCUT2D eigenvalue weighted by Gasteiger charge is 2.31. The molecule has 0 bridgehead atoms. The smallest absolute Gasteiger partial charge is 0.354 e. The molecule has 1 aliphatic rings. The fourth-order valence-electron chi connectivity index (χ4n) is 2.47. The second-order valence-corrected chi connectivity index (χ2v) is 5.52. The second kappa shape index (κ2) is 6.11. The van der Waals surface area contributed by atoms with Gasteiger partial charge in [0.05, 0.1) is 5.56 Å². The zero-order valence-corrected chi connectivity index (χ0v) is 12.0. The zero-order valence-electron chi connectivity index (χ0n) is 10.5. The van der Waals surface area contributed by atoms with E-state index < -0.39 is 11.7 Å². The molecule has 1 aromatic rings. The highest BCUT2D eigenvalue weighted by molar-refractivity contribution is 9.09. The average molecular weight is 337 g/mol. The fraction of sp³-hybridized carbons (Fsp3) is 0.615. The summed E-state index contributed by atoms with van der Waals surface area (Å²) in [5.74, 6) is 0.657. The molecular formula is C13H16BrF3N2. The van der Waals surface area contributed by atoms with Crippen molar-refractivity contribution in [1.82, 2.24) is 4.98 Å². The second-order valence-electron chi connectivity index (χ2n) is 4.72. The number of anilines is 1. The number of alkyl halides is 4. The molecule has 1 aromatic heterocycles. The third-order valence-corrected chi connectivity index (χ3v) is 3.98. The van der Waals surface area contributed by atoms with Gasteiger partial charge in [-0.2, -0.15) is 13.2 Å². The Labute approximate surface area is 119 Å². The summed E-state index contributed by atoms with van der Waals surface area (Å²) in [4.78, 5) is 6.11. The van der Waals surface area contributed by atoms with Crippen LogP contribution in [0.4, 0.5) is 19.0 Å². The maximum absolute atomic E-state index is 12.5. The molecule has 0 spiro atoms. The van der Waals surface area contributed by atoms with Crippen molar-refractivity contribution in [2.45, 2.75) is 37.9 Å². The molecule has 1 unspecified atom stereocenters. The predicted octanol–water partition coefficient (Wildman–Crippen LogP) is 4.24. The van der Waals surface area contributed by atoms with E-state index in [1.807, 2.05) is 0 Å². The summed E-state index contributed by atoms with van der Waals surface area (Å²) < 4.78 is 37.4. The number of hydrogen-bond donors (Lipinski definition) is 0. The minimum atomic E-state index is -4.31. The van der Waals surface area contributed by atoms with Gasteiger partial charge in [0.15, 0.2) is 0 Å².